The minimum absolute atomic E-state index is 0.0990. The molecule has 2 heterocycles. The van der Waals surface area contributed by atoms with Gasteiger partial charge in [0.1, 0.15) is 5.82 Å². The molecule has 2 N–H and O–H groups in total. The summed E-state index contributed by atoms with van der Waals surface area (Å²) in [5.74, 6) is -1.78. The lowest BCUT2D eigenvalue weighted by molar-refractivity contribution is 0.0996. The molecule has 0 unspecified atom stereocenters. The third-order valence-electron chi connectivity index (χ3n) is 3.55. The molecule has 7 nitrogen and oxygen atoms in total. The van der Waals surface area contributed by atoms with Crippen molar-refractivity contribution in [1.82, 2.24) is 13.5 Å². The third-order valence-corrected chi connectivity index (χ3v) is 5.28. The molecule has 0 atom stereocenters. The molecule has 3 rings (SSSR count). The molecule has 1 aliphatic rings. The molecule has 1 aliphatic heterocycles. The maximum Gasteiger partial charge on any atom is 0.323 e. The Labute approximate surface area is 120 Å². The fourth-order valence-electron chi connectivity index (χ4n) is 2.25. The summed E-state index contributed by atoms with van der Waals surface area (Å²) in [5, 5.41) is 4.36. The first-order valence-electron chi connectivity index (χ1n) is 6.31. The lowest BCUT2D eigenvalue weighted by Gasteiger charge is -2.29. The summed E-state index contributed by atoms with van der Waals surface area (Å²) in [6.45, 7) is 2.43. The van der Waals surface area contributed by atoms with E-state index in [-0.39, 0.29) is 11.1 Å². The highest BCUT2D eigenvalue weighted by Crippen LogP contribution is 2.25. The Morgan fingerprint density at radius 1 is 1.38 bits per heavy atom. The predicted octanol–water partition coefficient (Wildman–Crippen LogP) is 0.381. The Hall–Kier alpha value is -2.00. The summed E-state index contributed by atoms with van der Waals surface area (Å²) in [5.41, 5.74) is 5.29. The predicted molar refractivity (Wildman–Crippen MR) is 73.5 cm³/mol. The highest BCUT2D eigenvalue weighted by molar-refractivity contribution is 7.87. The van der Waals surface area contributed by atoms with Crippen LogP contribution in [0.1, 0.15) is 22.5 Å². The van der Waals surface area contributed by atoms with Crippen molar-refractivity contribution in [2.24, 2.45) is 5.73 Å². The minimum Gasteiger partial charge on any atom is -0.366 e. The second kappa shape index (κ2) is 4.50. The van der Waals surface area contributed by atoms with Gasteiger partial charge in [0.2, 0.25) is 0 Å². The quantitative estimate of drug-likeness (QED) is 0.886. The second-order valence-electron chi connectivity index (χ2n) is 4.90. The van der Waals surface area contributed by atoms with E-state index >= 15 is 0 Å². The summed E-state index contributed by atoms with van der Waals surface area (Å²) in [6.07, 6.45) is 0.789. The van der Waals surface area contributed by atoms with Gasteiger partial charge in [0, 0.05) is 24.5 Å². The number of fused-ring (bicyclic) bond motifs is 1. The summed E-state index contributed by atoms with van der Waals surface area (Å²) in [4.78, 5) is 11.2. The van der Waals surface area contributed by atoms with E-state index in [2.05, 4.69) is 5.10 Å². The van der Waals surface area contributed by atoms with Crippen LogP contribution in [0.4, 0.5) is 4.39 Å². The maximum absolute atomic E-state index is 13.9. The molecule has 1 amide bonds. The van der Waals surface area contributed by atoms with E-state index < -0.39 is 21.9 Å². The van der Waals surface area contributed by atoms with E-state index in [9.17, 15) is 17.6 Å². The van der Waals surface area contributed by atoms with Crippen molar-refractivity contribution in [1.29, 1.82) is 0 Å². The molecular formula is C12H13FN4O3S. The van der Waals surface area contributed by atoms with Gasteiger partial charge in [-0.25, -0.2) is 4.39 Å². The third kappa shape index (κ3) is 2.00. The number of primary amides is 1. The average molecular weight is 312 g/mol. The standard InChI is InChI=1S/C12H13FN4O3S/c1-7-8-5-9(12(14)18)10(13)6-11(8)17(15-7)21(19,20)16-3-2-4-16/h5-6H,2-4H2,1H3,(H2,14,18). The van der Waals surface area contributed by atoms with Crippen LogP contribution in [0.15, 0.2) is 12.1 Å². The number of carbonyl (C=O) groups excluding carboxylic acids is 1. The Kier molecular flexibility index (Phi) is 2.99. The van der Waals surface area contributed by atoms with Gasteiger partial charge in [0.15, 0.2) is 0 Å². The maximum atomic E-state index is 13.9. The van der Waals surface area contributed by atoms with Crippen molar-refractivity contribution in [3.05, 3.63) is 29.2 Å². The number of nitrogens with zero attached hydrogens (tertiary/aromatic N) is 3. The Balaban J connectivity index is 2.26. The number of halogens is 1. The summed E-state index contributed by atoms with van der Waals surface area (Å²) < 4.78 is 40.7. The van der Waals surface area contributed by atoms with Gasteiger partial charge >= 0.3 is 10.2 Å². The molecule has 0 bridgehead atoms. The lowest BCUT2D eigenvalue weighted by Crippen LogP contribution is -2.45. The molecule has 1 aromatic heterocycles. The highest BCUT2D eigenvalue weighted by Gasteiger charge is 2.32. The summed E-state index contributed by atoms with van der Waals surface area (Å²) in [6, 6.07) is 2.21. The van der Waals surface area contributed by atoms with Crippen LogP contribution in [0.3, 0.4) is 0 Å². The van der Waals surface area contributed by atoms with Crippen LogP contribution in [0.2, 0.25) is 0 Å². The van der Waals surface area contributed by atoms with E-state index in [4.69, 9.17) is 5.73 Å². The first-order chi connectivity index (χ1) is 9.82. The minimum atomic E-state index is -3.80. The molecule has 21 heavy (non-hydrogen) atoms. The fourth-order valence-corrected chi connectivity index (χ4v) is 3.81. The number of aromatic nitrogens is 2. The van der Waals surface area contributed by atoms with Gasteiger partial charge in [0.25, 0.3) is 5.91 Å². The van der Waals surface area contributed by atoms with Gasteiger partial charge in [-0.15, -0.1) is 4.09 Å². The van der Waals surface area contributed by atoms with Crippen molar-refractivity contribution in [3.63, 3.8) is 0 Å². The van der Waals surface area contributed by atoms with E-state index in [1.54, 1.807) is 6.92 Å². The van der Waals surface area contributed by atoms with Crippen LogP contribution < -0.4 is 5.73 Å². The molecule has 0 spiro atoms. The summed E-state index contributed by atoms with van der Waals surface area (Å²) in [7, 11) is -3.80. The SMILES string of the molecule is Cc1nn(S(=O)(=O)N2CCC2)c2cc(F)c(C(N)=O)cc12. The average Bonchev–Trinajstić information content (AvgIpc) is 2.62. The van der Waals surface area contributed by atoms with Crippen molar-refractivity contribution in [2.75, 3.05) is 13.1 Å². The van der Waals surface area contributed by atoms with Crippen LogP contribution in [0.25, 0.3) is 10.9 Å². The van der Waals surface area contributed by atoms with Crippen LogP contribution in [0, 0.1) is 12.7 Å². The van der Waals surface area contributed by atoms with Gasteiger partial charge in [-0.1, -0.05) is 0 Å². The molecule has 1 fully saturated rings. The highest BCUT2D eigenvalue weighted by atomic mass is 32.2. The van der Waals surface area contributed by atoms with Gasteiger partial charge in [-0.3, -0.25) is 4.79 Å². The van der Waals surface area contributed by atoms with Crippen molar-refractivity contribution < 1.29 is 17.6 Å². The largest absolute Gasteiger partial charge is 0.366 e. The molecule has 2 aromatic rings. The van der Waals surface area contributed by atoms with Crippen LogP contribution in [-0.2, 0) is 10.2 Å². The lowest BCUT2D eigenvalue weighted by atomic mass is 10.1. The smallest absolute Gasteiger partial charge is 0.323 e. The molecule has 9 heteroatoms. The van der Waals surface area contributed by atoms with Gasteiger partial charge in [-0.05, 0) is 19.4 Å². The number of amides is 1. The number of hydrogen-bond acceptors (Lipinski definition) is 4. The molecule has 0 radical (unpaired) electrons. The van der Waals surface area contributed by atoms with Gasteiger partial charge in [-0.2, -0.15) is 17.8 Å². The summed E-state index contributed by atoms with van der Waals surface area (Å²) >= 11 is 0. The molecular weight excluding hydrogens is 299 g/mol. The van der Waals surface area contributed by atoms with Crippen LogP contribution in [-0.4, -0.2) is 40.9 Å². The zero-order valence-corrected chi connectivity index (χ0v) is 12.0. The van der Waals surface area contributed by atoms with E-state index in [1.807, 2.05) is 0 Å². The number of rotatable bonds is 3. The van der Waals surface area contributed by atoms with E-state index in [0.29, 0.717) is 24.2 Å². The van der Waals surface area contributed by atoms with Crippen molar-refractivity contribution in [2.45, 2.75) is 13.3 Å². The van der Waals surface area contributed by atoms with Crippen molar-refractivity contribution in [3.8, 4) is 0 Å². The monoisotopic (exact) mass is 312 g/mol. The molecule has 1 saturated heterocycles. The fraction of sp³-hybridized carbons (Fsp3) is 0.333. The first-order valence-corrected chi connectivity index (χ1v) is 7.71. The molecule has 1 aromatic carbocycles. The molecule has 0 aliphatic carbocycles. The Morgan fingerprint density at radius 2 is 2.05 bits per heavy atom. The Morgan fingerprint density at radius 3 is 2.57 bits per heavy atom. The van der Waals surface area contributed by atoms with Crippen LogP contribution >= 0.6 is 0 Å². The normalized spacial score (nSPS) is 16.1. The zero-order chi connectivity index (χ0) is 15.4. The number of nitrogens with two attached hydrogens (primary N) is 1. The number of hydrogen-bond donors (Lipinski definition) is 1. The zero-order valence-electron chi connectivity index (χ0n) is 11.2. The van der Waals surface area contributed by atoms with Gasteiger partial charge < -0.3 is 5.73 Å². The first kappa shape index (κ1) is 14.0. The van der Waals surface area contributed by atoms with Crippen LogP contribution in [0.5, 0.6) is 0 Å². The Bertz CT molecular complexity index is 855. The number of aryl methyl sites for hydroxylation is 1. The number of benzene rings is 1. The molecule has 0 saturated carbocycles. The number of carbonyl (C=O) groups is 1. The van der Waals surface area contributed by atoms with E-state index in [0.717, 1.165) is 16.6 Å². The molecule has 112 valence electrons. The van der Waals surface area contributed by atoms with E-state index in [1.165, 1.54) is 10.4 Å². The second-order valence-corrected chi connectivity index (χ2v) is 6.66. The van der Waals surface area contributed by atoms with Crippen molar-refractivity contribution >= 4 is 27.0 Å². The topological polar surface area (TPSA) is 98.3 Å². The van der Waals surface area contributed by atoms with Gasteiger partial charge in [0.05, 0.1) is 16.8 Å².